The van der Waals surface area contributed by atoms with Crippen molar-refractivity contribution >= 4 is 57.1 Å². The number of aryl methyl sites for hydroxylation is 1. The van der Waals surface area contributed by atoms with E-state index in [0.717, 1.165) is 15.8 Å². The van der Waals surface area contributed by atoms with Crippen LogP contribution in [0.3, 0.4) is 0 Å². The van der Waals surface area contributed by atoms with Crippen molar-refractivity contribution in [3.05, 3.63) is 62.6 Å². The lowest BCUT2D eigenvalue weighted by Gasteiger charge is -2.27. The van der Waals surface area contributed by atoms with Crippen molar-refractivity contribution in [2.75, 3.05) is 11.5 Å². The normalized spacial score (nSPS) is 15.7. The molecule has 1 heterocycles. The van der Waals surface area contributed by atoms with E-state index in [1.165, 1.54) is 6.08 Å². The average molecular weight is 478 g/mol. The fourth-order valence-electron chi connectivity index (χ4n) is 2.85. The maximum atomic E-state index is 13.0. The summed E-state index contributed by atoms with van der Waals surface area (Å²) in [4.78, 5) is 38.6. The number of rotatable bonds is 5. The molecule has 0 radical (unpaired) electrons. The van der Waals surface area contributed by atoms with Crippen LogP contribution in [0, 0.1) is 6.92 Å². The van der Waals surface area contributed by atoms with Gasteiger partial charge >= 0.3 is 6.03 Å². The van der Waals surface area contributed by atoms with Crippen LogP contribution in [0.5, 0.6) is 5.75 Å². The van der Waals surface area contributed by atoms with E-state index in [4.69, 9.17) is 16.3 Å². The quantitative estimate of drug-likeness (QED) is 0.493. The number of halogens is 2. The molecule has 0 aromatic heterocycles. The largest absolute Gasteiger partial charge is 0.492 e. The molecule has 1 aliphatic heterocycles. The number of anilines is 1. The van der Waals surface area contributed by atoms with Gasteiger partial charge in [-0.1, -0.05) is 40.5 Å². The maximum absolute atomic E-state index is 13.0. The highest BCUT2D eigenvalue weighted by atomic mass is 79.9. The van der Waals surface area contributed by atoms with Crippen molar-refractivity contribution in [2.24, 2.45) is 0 Å². The summed E-state index contributed by atoms with van der Waals surface area (Å²) < 4.78 is 6.34. The first-order chi connectivity index (χ1) is 13.8. The van der Waals surface area contributed by atoms with E-state index >= 15 is 0 Å². The van der Waals surface area contributed by atoms with Crippen molar-refractivity contribution in [3.63, 3.8) is 0 Å². The Morgan fingerprint density at radius 2 is 1.93 bits per heavy atom. The number of urea groups is 1. The van der Waals surface area contributed by atoms with E-state index in [1.807, 2.05) is 6.92 Å². The van der Waals surface area contributed by atoms with Gasteiger partial charge in [-0.05, 0) is 60.9 Å². The number of nitrogens with one attached hydrogen (secondary N) is 1. The Morgan fingerprint density at radius 1 is 1.17 bits per heavy atom. The van der Waals surface area contributed by atoms with Gasteiger partial charge in [-0.2, -0.15) is 0 Å². The Morgan fingerprint density at radius 3 is 2.59 bits per heavy atom. The Balaban J connectivity index is 1.96. The zero-order valence-corrected chi connectivity index (χ0v) is 18.1. The molecule has 1 aliphatic rings. The van der Waals surface area contributed by atoms with Crippen LogP contribution in [0.2, 0.25) is 5.02 Å². The van der Waals surface area contributed by atoms with Crippen LogP contribution in [0.25, 0.3) is 6.08 Å². The SMILES string of the molecule is CCCOc1ccc(/C=C2/C(=O)NC(=O)N(c3ccc(Br)cc3C)C2=O)cc1Cl. The highest BCUT2D eigenvalue weighted by Gasteiger charge is 2.37. The fraction of sp³-hybridized carbons (Fsp3) is 0.190. The van der Waals surface area contributed by atoms with Gasteiger partial charge in [0.1, 0.15) is 11.3 Å². The van der Waals surface area contributed by atoms with Gasteiger partial charge in [0.25, 0.3) is 11.8 Å². The van der Waals surface area contributed by atoms with Gasteiger partial charge in [-0.15, -0.1) is 0 Å². The number of carbonyl (C=O) groups excluding carboxylic acids is 3. The second kappa shape index (κ2) is 8.80. The first-order valence-corrected chi connectivity index (χ1v) is 10.1. The van der Waals surface area contributed by atoms with Crippen molar-refractivity contribution in [3.8, 4) is 5.75 Å². The standard InChI is InChI=1S/C21H18BrClN2O4/c1-3-8-29-18-7-4-13(11-16(18)23)10-15-19(26)24-21(28)25(20(15)27)17-6-5-14(22)9-12(17)2/h4-7,9-11H,3,8H2,1-2H3,(H,24,26,28)/b15-10-. The number of hydrogen-bond donors (Lipinski definition) is 1. The minimum absolute atomic E-state index is 0.162. The summed E-state index contributed by atoms with van der Waals surface area (Å²) in [6.07, 6.45) is 2.25. The minimum atomic E-state index is -0.788. The topological polar surface area (TPSA) is 75.7 Å². The van der Waals surface area contributed by atoms with Gasteiger partial charge in [-0.25, -0.2) is 9.69 Å². The summed E-state index contributed by atoms with van der Waals surface area (Å²) in [7, 11) is 0. The second-order valence-corrected chi connectivity index (χ2v) is 7.75. The molecule has 1 fully saturated rings. The van der Waals surface area contributed by atoms with E-state index in [0.29, 0.717) is 34.2 Å². The van der Waals surface area contributed by atoms with Crippen LogP contribution >= 0.6 is 27.5 Å². The van der Waals surface area contributed by atoms with Crippen LogP contribution in [0.4, 0.5) is 10.5 Å². The molecule has 2 aromatic carbocycles. The number of benzene rings is 2. The molecule has 0 atom stereocenters. The Labute approximate surface area is 181 Å². The van der Waals surface area contributed by atoms with Gasteiger partial charge in [0.15, 0.2) is 0 Å². The first-order valence-electron chi connectivity index (χ1n) is 8.91. The van der Waals surface area contributed by atoms with Gasteiger partial charge in [-0.3, -0.25) is 14.9 Å². The number of amides is 4. The molecule has 0 unspecified atom stereocenters. The third-order valence-corrected chi connectivity index (χ3v) is 5.02. The van der Waals surface area contributed by atoms with Crippen molar-refractivity contribution in [2.45, 2.75) is 20.3 Å². The summed E-state index contributed by atoms with van der Waals surface area (Å²) in [5.41, 5.74) is 1.48. The highest BCUT2D eigenvalue weighted by Crippen LogP contribution is 2.29. The molecule has 4 amide bonds. The Bertz CT molecular complexity index is 1040. The van der Waals surface area contributed by atoms with Gasteiger partial charge in [0, 0.05) is 4.47 Å². The smallest absolute Gasteiger partial charge is 0.335 e. The number of ether oxygens (including phenoxy) is 1. The molecule has 2 aromatic rings. The third kappa shape index (κ3) is 4.52. The monoisotopic (exact) mass is 476 g/mol. The molecular formula is C21H18BrClN2O4. The van der Waals surface area contributed by atoms with E-state index < -0.39 is 17.8 Å². The van der Waals surface area contributed by atoms with Crippen LogP contribution in [-0.2, 0) is 9.59 Å². The molecule has 3 rings (SSSR count). The molecule has 150 valence electrons. The van der Waals surface area contributed by atoms with Crippen LogP contribution in [-0.4, -0.2) is 24.5 Å². The summed E-state index contributed by atoms with van der Waals surface area (Å²) in [5, 5.41) is 2.58. The fourth-order valence-corrected chi connectivity index (χ4v) is 3.57. The number of nitrogens with zero attached hydrogens (tertiary/aromatic N) is 1. The number of hydrogen-bond acceptors (Lipinski definition) is 4. The summed E-state index contributed by atoms with van der Waals surface area (Å²) >= 11 is 9.58. The van der Waals surface area contributed by atoms with Gasteiger partial charge in [0.05, 0.1) is 17.3 Å². The van der Waals surface area contributed by atoms with Crippen LogP contribution < -0.4 is 15.0 Å². The maximum Gasteiger partial charge on any atom is 0.335 e. The van der Waals surface area contributed by atoms with E-state index in [-0.39, 0.29) is 5.57 Å². The van der Waals surface area contributed by atoms with Gasteiger partial charge in [0.2, 0.25) is 0 Å². The molecule has 0 saturated carbocycles. The molecule has 1 N–H and O–H groups in total. The lowest BCUT2D eigenvalue weighted by molar-refractivity contribution is -0.122. The van der Waals surface area contributed by atoms with Crippen LogP contribution in [0.1, 0.15) is 24.5 Å². The first kappa shape index (κ1) is 21.1. The Kier molecular flexibility index (Phi) is 6.39. The summed E-state index contributed by atoms with van der Waals surface area (Å²) in [6, 6.07) is 9.33. The summed E-state index contributed by atoms with van der Waals surface area (Å²) in [6.45, 7) is 4.29. The van der Waals surface area contributed by atoms with E-state index in [1.54, 1.807) is 43.3 Å². The summed E-state index contributed by atoms with van der Waals surface area (Å²) in [5.74, 6) is -0.933. The van der Waals surface area contributed by atoms with Crippen LogP contribution in [0.15, 0.2) is 46.4 Å². The number of imide groups is 2. The number of barbiturate groups is 1. The van der Waals surface area contributed by atoms with E-state index in [9.17, 15) is 14.4 Å². The molecule has 8 heteroatoms. The molecule has 1 saturated heterocycles. The predicted octanol–water partition coefficient (Wildman–Crippen LogP) is 4.87. The van der Waals surface area contributed by atoms with Crippen molar-refractivity contribution < 1.29 is 19.1 Å². The Hall–Kier alpha value is -2.64. The lowest BCUT2D eigenvalue weighted by Crippen LogP contribution is -2.54. The second-order valence-electron chi connectivity index (χ2n) is 6.43. The molecular weight excluding hydrogens is 460 g/mol. The minimum Gasteiger partial charge on any atom is -0.492 e. The molecule has 29 heavy (non-hydrogen) atoms. The molecule has 0 bridgehead atoms. The lowest BCUT2D eigenvalue weighted by atomic mass is 10.1. The predicted molar refractivity (Wildman–Crippen MR) is 115 cm³/mol. The molecule has 6 nitrogen and oxygen atoms in total. The zero-order valence-electron chi connectivity index (χ0n) is 15.8. The molecule has 0 aliphatic carbocycles. The number of carbonyl (C=O) groups is 3. The zero-order chi connectivity index (χ0) is 21.1. The van der Waals surface area contributed by atoms with Crippen molar-refractivity contribution in [1.29, 1.82) is 0 Å². The average Bonchev–Trinajstić information content (AvgIpc) is 2.66. The van der Waals surface area contributed by atoms with Crippen molar-refractivity contribution in [1.82, 2.24) is 5.32 Å². The van der Waals surface area contributed by atoms with Gasteiger partial charge < -0.3 is 4.74 Å². The molecule has 0 spiro atoms. The highest BCUT2D eigenvalue weighted by molar-refractivity contribution is 9.10. The van der Waals surface area contributed by atoms with E-state index in [2.05, 4.69) is 21.2 Å². The third-order valence-electron chi connectivity index (χ3n) is 4.23.